The maximum absolute atomic E-state index is 9.82. The molecule has 1 atom stereocenters. The van der Waals surface area contributed by atoms with E-state index in [0.717, 1.165) is 36.2 Å². The van der Waals surface area contributed by atoms with Crippen molar-refractivity contribution in [2.24, 2.45) is 7.05 Å². The van der Waals surface area contributed by atoms with Gasteiger partial charge in [-0.15, -0.1) is 0 Å². The lowest BCUT2D eigenvalue weighted by molar-refractivity contribution is 0.265. The Kier molecular flexibility index (Phi) is 6.27. The van der Waals surface area contributed by atoms with Gasteiger partial charge in [-0.2, -0.15) is 15.1 Å². The molecule has 1 aliphatic rings. The molecule has 4 heterocycles. The van der Waals surface area contributed by atoms with E-state index in [1.807, 2.05) is 36.9 Å². The predicted octanol–water partition coefficient (Wildman–Crippen LogP) is 2.59. The Hall–Kier alpha value is -4.06. The van der Waals surface area contributed by atoms with Gasteiger partial charge in [0.2, 0.25) is 11.7 Å². The number of aromatic nitrogens is 6. The summed E-state index contributed by atoms with van der Waals surface area (Å²) in [7, 11) is 6.60. The molecule has 0 spiro atoms. The second kappa shape index (κ2) is 9.53. The molecule has 4 aromatic rings. The van der Waals surface area contributed by atoms with E-state index in [2.05, 4.69) is 20.3 Å². The summed E-state index contributed by atoms with van der Waals surface area (Å²) in [6.45, 7) is 2.79. The third-order valence-corrected chi connectivity index (χ3v) is 6.47. The number of aliphatic hydroxyl groups is 1. The third kappa shape index (κ3) is 4.02. The number of fused-ring (bicyclic) bond motifs is 1. The number of imidazole rings is 1. The Labute approximate surface area is 208 Å². The molecule has 0 amide bonds. The maximum Gasteiger partial charge on any atom is 0.229 e. The lowest BCUT2D eigenvalue weighted by Gasteiger charge is -2.23. The SMILES string of the molecule is COc1cc(-n2cnc(Nc3nc(N4CCC[C@H]4CO)nc4c3c(C)nn4C)c2)cc(OC)c1OC. The summed E-state index contributed by atoms with van der Waals surface area (Å²) in [6, 6.07) is 3.70. The van der Waals surface area contributed by atoms with Crippen LogP contribution in [-0.2, 0) is 7.05 Å². The van der Waals surface area contributed by atoms with Crippen LogP contribution in [0, 0.1) is 6.92 Å². The lowest BCUT2D eigenvalue weighted by atomic mass is 10.2. The van der Waals surface area contributed by atoms with Gasteiger partial charge in [-0.25, -0.2) is 9.67 Å². The van der Waals surface area contributed by atoms with E-state index in [1.54, 1.807) is 32.3 Å². The van der Waals surface area contributed by atoms with Crippen LogP contribution in [0.15, 0.2) is 24.7 Å². The quantitative estimate of drug-likeness (QED) is 0.378. The number of hydrogen-bond acceptors (Lipinski definition) is 10. The van der Waals surface area contributed by atoms with Gasteiger partial charge < -0.3 is 34.1 Å². The number of nitrogens with zero attached hydrogens (tertiary/aromatic N) is 7. The van der Waals surface area contributed by atoms with Gasteiger partial charge in [0.15, 0.2) is 17.1 Å². The van der Waals surface area contributed by atoms with Crippen LogP contribution in [0.5, 0.6) is 17.2 Å². The molecule has 1 fully saturated rings. The average molecular weight is 495 g/mol. The van der Waals surface area contributed by atoms with Gasteiger partial charge >= 0.3 is 0 Å². The minimum absolute atomic E-state index is 0.00358. The van der Waals surface area contributed by atoms with Crippen LogP contribution in [-0.4, -0.2) is 74.9 Å². The molecule has 0 aliphatic carbocycles. The monoisotopic (exact) mass is 494 g/mol. The zero-order valence-corrected chi connectivity index (χ0v) is 21.0. The number of ether oxygens (including phenoxy) is 3. The first-order valence-corrected chi connectivity index (χ1v) is 11.7. The third-order valence-electron chi connectivity index (χ3n) is 6.47. The molecule has 3 aromatic heterocycles. The smallest absolute Gasteiger partial charge is 0.229 e. The number of hydrogen-bond donors (Lipinski definition) is 2. The van der Waals surface area contributed by atoms with Crippen LogP contribution >= 0.6 is 0 Å². The minimum Gasteiger partial charge on any atom is -0.493 e. The number of nitrogens with one attached hydrogen (secondary N) is 1. The second-order valence-electron chi connectivity index (χ2n) is 8.63. The van der Waals surface area contributed by atoms with Gasteiger partial charge in [-0.3, -0.25) is 0 Å². The lowest BCUT2D eigenvalue weighted by Crippen LogP contribution is -2.33. The van der Waals surface area contributed by atoms with Crippen LogP contribution in [0.4, 0.5) is 17.6 Å². The molecule has 0 saturated carbocycles. The molecular formula is C24H30N8O4. The van der Waals surface area contributed by atoms with Crippen molar-refractivity contribution in [3.63, 3.8) is 0 Å². The highest BCUT2D eigenvalue weighted by Crippen LogP contribution is 2.39. The van der Waals surface area contributed by atoms with E-state index >= 15 is 0 Å². The molecule has 0 bridgehead atoms. The van der Waals surface area contributed by atoms with Crippen molar-refractivity contribution in [1.82, 2.24) is 29.3 Å². The molecule has 1 aromatic carbocycles. The highest BCUT2D eigenvalue weighted by Gasteiger charge is 2.28. The van der Waals surface area contributed by atoms with Gasteiger partial charge in [-0.1, -0.05) is 0 Å². The molecule has 1 aliphatic heterocycles. The molecule has 5 rings (SSSR count). The molecule has 12 heteroatoms. The van der Waals surface area contributed by atoms with E-state index in [-0.39, 0.29) is 12.6 Å². The highest BCUT2D eigenvalue weighted by molar-refractivity contribution is 5.91. The summed E-state index contributed by atoms with van der Waals surface area (Å²) < 4.78 is 20.0. The predicted molar refractivity (Wildman–Crippen MR) is 135 cm³/mol. The van der Waals surface area contributed by atoms with Gasteiger partial charge in [-0.05, 0) is 19.8 Å². The average Bonchev–Trinajstić information content (AvgIpc) is 3.62. The second-order valence-corrected chi connectivity index (χ2v) is 8.63. The first kappa shape index (κ1) is 23.7. The molecular weight excluding hydrogens is 464 g/mol. The van der Waals surface area contributed by atoms with Crippen molar-refractivity contribution < 1.29 is 19.3 Å². The topological polar surface area (TPSA) is 125 Å². The summed E-state index contributed by atoms with van der Waals surface area (Å²) >= 11 is 0. The van der Waals surface area contributed by atoms with Crippen molar-refractivity contribution in [1.29, 1.82) is 0 Å². The summed E-state index contributed by atoms with van der Waals surface area (Å²) in [5, 5.41) is 18.5. The molecule has 2 N–H and O–H groups in total. The van der Waals surface area contributed by atoms with Gasteiger partial charge in [0.1, 0.15) is 18.0 Å². The van der Waals surface area contributed by atoms with Crippen LogP contribution in [0.2, 0.25) is 0 Å². The summed E-state index contributed by atoms with van der Waals surface area (Å²) in [5.41, 5.74) is 2.32. The van der Waals surface area contributed by atoms with Crippen molar-refractivity contribution >= 4 is 28.6 Å². The van der Waals surface area contributed by atoms with Gasteiger partial charge in [0, 0.05) is 25.7 Å². The number of anilines is 3. The number of benzene rings is 1. The highest BCUT2D eigenvalue weighted by atomic mass is 16.5. The Morgan fingerprint density at radius 2 is 1.86 bits per heavy atom. The summed E-state index contributed by atoms with van der Waals surface area (Å²) in [4.78, 5) is 16.2. The van der Waals surface area contributed by atoms with Crippen molar-refractivity contribution in [3.8, 4) is 22.9 Å². The normalized spacial score (nSPS) is 15.5. The van der Waals surface area contributed by atoms with Crippen LogP contribution in [0.25, 0.3) is 16.7 Å². The molecule has 0 radical (unpaired) electrons. The van der Waals surface area contributed by atoms with Crippen molar-refractivity contribution in [2.75, 3.05) is 44.7 Å². The Balaban J connectivity index is 1.53. The van der Waals surface area contributed by atoms with E-state index in [9.17, 15) is 5.11 Å². The molecule has 12 nitrogen and oxygen atoms in total. The van der Waals surface area contributed by atoms with Crippen LogP contribution < -0.4 is 24.4 Å². The summed E-state index contributed by atoms with van der Waals surface area (Å²) in [6.07, 6.45) is 5.44. The molecule has 190 valence electrons. The van der Waals surface area contributed by atoms with E-state index in [0.29, 0.717) is 40.5 Å². The fourth-order valence-electron chi connectivity index (χ4n) is 4.70. The maximum atomic E-state index is 9.82. The minimum atomic E-state index is 0.00358. The van der Waals surface area contributed by atoms with Crippen LogP contribution in [0.3, 0.4) is 0 Å². The zero-order chi connectivity index (χ0) is 25.4. The van der Waals surface area contributed by atoms with Crippen molar-refractivity contribution in [3.05, 3.63) is 30.4 Å². The zero-order valence-electron chi connectivity index (χ0n) is 21.0. The fraction of sp³-hybridized carbons (Fsp3) is 0.417. The molecule has 1 saturated heterocycles. The van der Waals surface area contributed by atoms with E-state index in [1.165, 1.54) is 0 Å². The number of aliphatic hydroxyl groups excluding tert-OH is 1. The van der Waals surface area contributed by atoms with E-state index in [4.69, 9.17) is 24.2 Å². The fourth-order valence-corrected chi connectivity index (χ4v) is 4.70. The van der Waals surface area contributed by atoms with E-state index < -0.39 is 0 Å². The number of rotatable bonds is 8. The van der Waals surface area contributed by atoms with Gasteiger partial charge in [0.25, 0.3) is 0 Å². The Morgan fingerprint density at radius 3 is 2.53 bits per heavy atom. The Morgan fingerprint density at radius 1 is 1.11 bits per heavy atom. The van der Waals surface area contributed by atoms with Crippen LogP contribution in [0.1, 0.15) is 18.5 Å². The first-order valence-electron chi connectivity index (χ1n) is 11.7. The Bertz CT molecular complexity index is 1370. The summed E-state index contributed by atoms with van der Waals surface area (Å²) in [5.74, 6) is 3.39. The molecule has 0 unspecified atom stereocenters. The number of methoxy groups -OCH3 is 3. The standard InChI is InChI=1S/C24H30N8O4/c1-14-20-22(27-24(28-23(20)30(2)29-14)32-8-6-7-15(32)12-33)26-19-11-31(13-25-19)16-9-17(34-3)21(36-5)18(10-16)35-4/h9-11,13,15,33H,6-8,12H2,1-5H3,(H,26,27,28)/t15-/m0/s1. The van der Waals surface area contributed by atoms with Gasteiger partial charge in [0.05, 0.1) is 56.9 Å². The molecule has 36 heavy (non-hydrogen) atoms. The van der Waals surface area contributed by atoms with Crippen molar-refractivity contribution in [2.45, 2.75) is 25.8 Å². The number of aryl methyl sites for hydroxylation is 2. The first-order chi connectivity index (χ1) is 17.5. The largest absolute Gasteiger partial charge is 0.493 e.